The SMILES string of the molecule is Cc1cccc(-n2ccnc2SCc2cc(=O)n(C)c(=O)n2C)c1C. The Morgan fingerprint density at radius 2 is 1.88 bits per heavy atom. The highest BCUT2D eigenvalue weighted by Crippen LogP contribution is 2.26. The number of aryl methyl sites for hydroxylation is 1. The second kappa shape index (κ2) is 6.76. The summed E-state index contributed by atoms with van der Waals surface area (Å²) in [6, 6.07) is 7.66. The molecule has 0 aliphatic rings. The third-order valence-corrected chi connectivity index (χ3v) is 5.42. The minimum atomic E-state index is -0.319. The molecular formula is C18H20N4O2S. The molecule has 0 fully saturated rings. The molecule has 2 aromatic heterocycles. The number of aromatic nitrogens is 4. The molecule has 3 rings (SSSR count). The van der Waals surface area contributed by atoms with E-state index in [1.807, 2.05) is 16.8 Å². The minimum absolute atomic E-state index is 0.295. The van der Waals surface area contributed by atoms with Crippen LogP contribution in [0.1, 0.15) is 16.8 Å². The lowest BCUT2D eigenvalue weighted by Gasteiger charge is -2.13. The van der Waals surface area contributed by atoms with Crippen LogP contribution in [0.25, 0.3) is 5.69 Å². The molecule has 6 nitrogen and oxygen atoms in total. The Hall–Kier alpha value is -2.54. The summed E-state index contributed by atoms with van der Waals surface area (Å²) in [6.07, 6.45) is 3.68. The zero-order valence-electron chi connectivity index (χ0n) is 14.7. The molecule has 0 spiro atoms. The summed E-state index contributed by atoms with van der Waals surface area (Å²) in [5.41, 5.74) is 3.56. The summed E-state index contributed by atoms with van der Waals surface area (Å²) >= 11 is 1.50. The summed E-state index contributed by atoms with van der Waals surface area (Å²) in [4.78, 5) is 28.3. The van der Waals surface area contributed by atoms with Crippen molar-refractivity contribution in [2.75, 3.05) is 0 Å². The van der Waals surface area contributed by atoms with E-state index in [2.05, 4.69) is 31.0 Å². The van der Waals surface area contributed by atoms with Crippen molar-refractivity contribution < 1.29 is 0 Å². The number of imidazole rings is 1. The molecule has 0 atom stereocenters. The molecule has 7 heteroatoms. The third kappa shape index (κ3) is 3.19. The molecule has 0 radical (unpaired) electrons. The van der Waals surface area contributed by atoms with E-state index >= 15 is 0 Å². The summed E-state index contributed by atoms with van der Waals surface area (Å²) in [6.45, 7) is 4.17. The Bertz CT molecular complexity index is 1050. The number of hydrogen-bond acceptors (Lipinski definition) is 4. The van der Waals surface area contributed by atoms with Crippen LogP contribution in [-0.2, 0) is 19.8 Å². The number of thioether (sulfide) groups is 1. The molecule has 2 heterocycles. The normalized spacial score (nSPS) is 11.0. The zero-order valence-corrected chi connectivity index (χ0v) is 15.5. The Morgan fingerprint density at radius 1 is 1.12 bits per heavy atom. The molecule has 130 valence electrons. The van der Waals surface area contributed by atoms with Crippen molar-refractivity contribution in [3.63, 3.8) is 0 Å². The average molecular weight is 356 g/mol. The van der Waals surface area contributed by atoms with Gasteiger partial charge in [0, 0.05) is 44.0 Å². The second-order valence-electron chi connectivity index (χ2n) is 5.96. The highest BCUT2D eigenvalue weighted by molar-refractivity contribution is 7.98. The fraction of sp³-hybridized carbons (Fsp3) is 0.278. The van der Waals surface area contributed by atoms with Crippen LogP contribution >= 0.6 is 11.8 Å². The van der Waals surface area contributed by atoms with E-state index in [9.17, 15) is 9.59 Å². The van der Waals surface area contributed by atoms with E-state index in [1.165, 1.54) is 40.6 Å². The standard InChI is InChI=1S/C18H20N4O2S/c1-12-6-5-7-15(13(12)2)22-9-8-19-17(22)25-11-14-10-16(23)21(4)18(24)20(14)3/h5-10H,11H2,1-4H3. The van der Waals surface area contributed by atoms with Gasteiger partial charge in [-0.3, -0.25) is 18.5 Å². The van der Waals surface area contributed by atoms with Crippen molar-refractivity contribution in [3.05, 3.63) is 74.3 Å². The predicted molar refractivity (Wildman–Crippen MR) is 99.5 cm³/mol. The molecular weight excluding hydrogens is 336 g/mol. The molecule has 0 aliphatic heterocycles. The van der Waals surface area contributed by atoms with Crippen LogP contribution in [0.3, 0.4) is 0 Å². The molecule has 0 unspecified atom stereocenters. The Labute approximate surface area is 149 Å². The van der Waals surface area contributed by atoms with Crippen LogP contribution in [0, 0.1) is 13.8 Å². The predicted octanol–water partition coefficient (Wildman–Crippen LogP) is 2.18. The third-order valence-electron chi connectivity index (χ3n) is 4.42. The summed E-state index contributed by atoms with van der Waals surface area (Å²) in [5, 5.41) is 0.821. The van der Waals surface area contributed by atoms with Crippen LogP contribution < -0.4 is 11.2 Å². The van der Waals surface area contributed by atoms with Gasteiger partial charge in [0.05, 0.1) is 5.69 Å². The van der Waals surface area contributed by atoms with Gasteiger partial charge >= 0.3 is 5.69 Å². The lowest BCUT2D eigenvalue weighted by molar-refractivity contribution is 0.665. The van der Waals surface area contributed by atoms with Gasteiger partial charge in [-0.2, -0.15) is 0 Å². The topological polar surface area (TPSA) is 61.8 Å². The van der Waals surface area contributed by atoms with E-state index in [-0.39, 0.29) is 11.2 Å². The van der Waals surface area contributed by atoms with Gasteiger partial charge in [0.2, 0.25) is 0 Å². The van der Waals surface area contributed by atoms with Crippen LogP contribution in [-0.4, -0.2) is 18.7 Å². The van der Waals surface area contributed by atoms with Gasteiger partial charge in [-0.25, -0.2) is 9.78 Å². The molecule has 0 N–H and O–H groups in total. The molecule has 0 saturated heterocycles. The molecule has 25 heavy (non-hydrogen) atoms. The van der Waals surface area contributed by atoms with Crippen molar-refractivity contribution in [2.45, 2.75) is 24.8 Å². The van der Waals surface area contributed by atoms with Gasteiger partial charge < -0.3 is 0 Å². The quantitative estimate of drug-likeness (QED) is 0.672. The molecule has 0 saturated carbocycles. The van der Waals surface area contributed by atoms with Crippen molar-refractivity contribution in [3.8, 4) is 5.69 Å². The lowest BCUT2D eigenvalue weighted by Crippen LogP contribution is -2.37. The molecule has 0 amide bonds. The summed E-state index contributed by atoms with van der Waals surface area (Å²) in [5.74, 6) is 0.490. The lowest BCUT2D eigenvalue weighted by atomic mass is 10.1. The second-order valence-corrected chi connectivity index (χ2v) is 6.90. The maximum Gasteiger partial charge on any atom is 0.330 e. The first-order valence-corrected chi connectivity index (χ1v) is 8.87. The largest absolute Gasteiger partial charge is 0.330 e. The molecule has 1 aromatic carbocycles. The maximum absolute atomic E-state index is 12.0. The van der Waals surface area contributed by atoms with Crippen molar-refractivity contribution >= 4 is 11.8 Å². The fourth-order valence-corrected chi connectivity index (χ4v) is 3.62. The molecule has 0 bridgehead atoms. The van der Waals surface area contributed by atoms with Crippen LogP contribution in [0.15, 0.2) is 51.4 Å². The van der Waals surface area contributed by atoms with Crippen LogP contribution in [0.2, 0.25) is 0 Å². The molecule has 3 aromatic rings. The average Bonchev–Trinajstić information content (AvgIpc) is 3.06. The van der Waals surface area contributed by atoms with E-state index in [0.29, 0.717) is 11.4 Å². The highest BCUT2D eigenvalue weighted by atomic mass is 32.2. The summed E-state index contributed by atoms with van der Waals surface area (Å²) in [7, 11) is 3.16. The van der Waals surface area contributed by atoms with Gasteiger partial charge in [-0.1, -0.05) is 23.9 Å². The van der Waals surface area contributed by atoms with Gasteiger partial charge in [-0.05, 0) is 31.0 Å². The number of benzene rings is 1. The van der Waals surface area contributed by atoms with Crippen molar-refractivity contribution in [2.24, 2.45) is 14.1 Å². The molecule has 0 aliphatic carbocycles. The number of nitrogens with zero attached hydrogens (tertiary/aromatic N) is 4. The van der Waals surface area contributed by atoms with Gasteiger partial charge in [0.1, 0.15) is 0 Å². The first-order valence-electron chi connectivity index (χ1n) is 7.89. The summed E-state index contributed by atoms with van der Waals surface area (Å²) < 4.78 is 4.64. The minimum Gasteiger partial charge on any atom is -0.300 e. The van der Waals surface area contributed by atoms with Crippen molar-refractivity contribution in [1.82, 2.24) is 18.7 Å². The highest BCUT2D eigenvalue weighted by Gasteiger charge is 2.11. The zero-order chi connectivity index (χ0) is 18.1. The van der Waals surface area contributed by atoms with E-state index in [0.717, 1.165) is 15.4 Å². The van der Waals surface area contributed by atoms with Gasteiger partial charge in [-0.15, -0.1) is 0 Å². The van der Waals surface area contributed by atoms with E-state index < -0.39 is 0 Å². The van der Waals surface area contributed by atoms with E-state index in [4.69, 9.17) is 0 Å². The van der Waals surface area contributed by atoms with Crippen LogP contribution in [0.5, 0.6) is 0 Å². The Balaban J connectivity index is 1.92. The van der Waals surface area contributed by atoms with E-state index in [1.54, 1.807) is 13.2 Å². The smallest absolute Gasteiger partial charge is 0.300 e. The Morgan fingerprint density at radius 3 is 2.64 bits per heavy atom. The monoisotopic (exact) mass is 356 g/mol. The van der Waals surface area contributed by atoms with Gasteiger partial charge in [0.25, 0.3) is 5.56 Å². The van der Waals surface area contributed by atoms with Crippen molar-refractivity contribution in [1.29, 1.82) is 0 Å². The first kappa shape index (κ1) is 17.3. The number of hydrogen-bond donors (Lipinski definition) is 0. The number of rotatable bonds is 4. The maximum atomic E-state index is 12.0. The van der Waals surface area contributed by atoms with Crippen LogP contribution in [0.4, 0.5) is 0 Å². The fourth-order valence-electron chi connectivity index (χ4n) is 2.63. The van der Waals surface area contributed by atoms with Gasteiger partial charge in [0.15, 0.2) is 5.16 Å². The first-order chi connectivity index (χ1) is 11.9. The Kier molecular flexibility index (Phi) is 4.67.